The highest BCUT2D eigenvalue weighted by atomic mass is 32.1. The van der Waals surface area contributed by atoms with Gasteiger partial charge in [-0.3, -0.25) is 0 Å². The van der Waals surface area contributed by atoms with Gasteiger partial charge in [0.25, 0.3) is 0 Å². The largest absolute Gasteiger partial charge is 0.325 e. The summed E-state index contributed by atoms with van der Waals surface area (Å²) in [6.07, 6.45) is 6.72. The average Bonchev–Trinajstić information content (AvgIpc) is 2.93. The highest BCUT2D eigenvalue weighted by molar-refractivity contribution is 7.12. The Kier molecular flexibility index (Phi) is 4.18. The molecule has 1 saturated carbocycles. The lowest BCUT2D eigenvalue weighted by Crippen LogP contribution is -2.04. The van der Waals surface area contributed by atoms with Gasteiger partial charge >= 0.3 is 0 Å². The first-order valence-electron chi connectivity index (χ1n) is 7.54. The van der Waals surface area contributed by atoms with Gasteiger partial charge in [-0.2, -0.15) is 0 Å². The van der Waals surface area contributed by atoms with Gasteiger partial charge in [-0.05, 0) is 25.7 Å². The molecule has 0 radical (unpaired) electrons. The molecule has 2 nitrogen and oxygen atoms in total. The van der Waals surface area contributed by atoms with E-state index in [-0.39, 0.29) is 0 Å². The fraction of sp³-hybridized carbons (Fsp3) is 0.471. The number of aromatic nitrogens is 1. The number of nitrogens with two attached hydrogens (primary N) is 1. The molecule has 2 N–H and O–H groups in total. The van der Waals surface area contributed by atoms with E-state index in [1.54, 1.807) is 0 Å². The van der Waals surface area contributed by atoms with Gasteiger partial charge in [-0.1, -0.05) is 49.1 Å². The van der Waals surface area contributed by atoms with E-state index in [1.807, 2.05) is 11.3 Å². The minimum atomic E-state index is 0.552. The zero-order chi connectivity index (χ0) is 13.9. The Morgan fingerprint density at radius 1 is 1.15 bits per heavy atom. The number of hydrogen-bond donors (Lipinski definition) is 1. The number of nitrogens with zero attached hydrogens (tertiary/aromatic N) is 1. The second-order valence-electron chi connectivity index (χ2n) is 5.73. The highest BCUT2D eigenvalue weighted by Gasteiger charge is 2.23. The zero-order valence-electron chi connectivity index (χ0n) is 12.1. The van der Waals surface area contributed by atoms with Crippen LogP contribution in [0.3, 0.4) is 0 Å². The molecule has 3 rings (SSSR count). The first-order chi connectivity index (χ1) is 9.78. The molecule has 20 heavy (non-hydrogen) atoms. The first-order valence-corrected chi connectivity index (χ1v) is 8.36. The van der Waals surface area contributed by atoms with Gasteiger partial charge < -0.3 is 5.73 Å². The molecule has 0 atom stereocenters. The highest BCUT2D eigenvalue weighted by Crippen LogP contribution is 2.41. The molecular formula is C17H22N2S. The standard InChI is InChI=1S/C17H22N2S/c1-12-7-9-13(10-8-12)16-17(20-15(11-18)19-16)14-5-3-2-4-6-14/h7-10,14H,2-6,11,18H2,1H3. The molecule has 0 spiro atoms. The minimum Gasteiger partial charge on any atom is -0.325 e. The lowest BCUT2D eigenvalue weighted by atomic mass is 9.87. The molecule has 106 valence electrons. The maximum atomic E-state index is 5.81. The summed E-state index contributed by atoms with van der Waals surface area (Å²) in [6, 6.07) is 8.72. The van der Waals surface area contributed by atoms with E-state index in [1.165, 1.54) is 53.8 Å². The fourth-order valence-electron chi connectivity index (χ4n) is 3.02. The lowest BCUT2D eigenvalue weighted by Gasteiger charge is -2.21. The molecule has 0 bridgehead atoms. The van der Waals surface area contributed by atoms with Gasteiger partial charge in [0.2, 0.25) is 0 Å². The van der Waals surface area contributed by atoms with Crippen molar-refractivity contribution in [3.63, 3.8) is 0 Å². The average molecular weight is 286 g/mol. The molecule has 3 heteroatoms. The number of rotatable bonds is 3. The second-order valence-corrected chi connectivity index (χ2v) is 6.84. The summed E-state index contributed by atoms with van der Waals surface area (Å²) in [5, 5.41) is 1.07. The second kappa shape index (κ2) is 6.06. The van der Waals surface area contributed by atoms with E-state index >= 15 is 0 Å². The van der Waals surface area contributed by atoms with Crippen molar-refractivity contribution >= 4 is 11.3 Å². The summed E-state index contributed by atoms with van der Waals surface area (Å²) in [4.78, 5) is 6.26. The topological polar surface area (TPSA) is 38.9 Å². The number of aryl methyl sites for hydroxylation is 1. The van der Waals surface area contributed by atoms with Crippen molar-refractivity contribution < 1.29 is 0 Å². The summed E-state index contributed by atoms with van der Waals surface area (Å²) in [7, 11) is 0. The Morgan fingerprint density at radius 2 is 1.85 bits per heavy atom. The third-order valence-electron chi connectivity index (χ3n) is 4.17. The summed E-state index contributed by atoms with van der Waals surface area (Å²) < 4.78 is 0. The first kappa shape index (κ1) is 13.8. The van der Waals surface area contributed by atoms with Crippen LogP contribution in [0.2, 0.25) is 0 Å². The molecule has 0 unspecified atom stereocenters. The molecule has 2 aromatic rings. The Labute approximate surface area is 125 Å². The van der Waals surface area contributed by atoms with E-state index in [2.05, 4.69) is 31.2 Å². The third-order valence-corrected chi connectivity index (χ3v) is 5.41. The van der Waals surface area contributed by atoms with Gasteiger partial charge in [0.15, 0.2) is 0 Å². The van der Waals surface area contributed by atoms with Crippen LogP contribution < -0.4 is 5.73 Å². The predicted octanol–water partition coefficient (Wildman–Crippen LogP) is 4.62. The van der Waals surface area contributed by atoms with Crippen molar-refractivity contribution in [2.75, 3.05) is 0 Å². The Balaban J connectivity index is 1.99. The summed E-state index contributed by atoms with van der Waals surface area (Å²) in [5.41, 5.74) is 9.53. The zero-order valence-corrected chi connectivity index (χ0v) is 12.9. The third kappa shape index (κ3) is 2.79. The van der Waals surface area contributed by atoms with Crippen molar-refractivity contribution in [1.29, 1.82) is 0 Å². The molecule has 1 fully saturated rings. The van der Waals surface area contributed by atoms with Crippen LogP contribution >= 0.6 is 11.3 Å². The van der Waals surface area contributed by atoms with Crippen molar-refractivity contribution in [3.05, 3.63) is 39.7 Å². The molecule has 1 aromatic carbocycles. The van der Waals surface area contributed by atoms with Crippen molar-refractivity contribution in [3.8, 4) is 11.3 Å². The van der Waals surface area contributed by atoms with Crippen LogP contribution in [0.4, 0.5) is 0 Å². The van der Waals surface area contributed by atoms with Gasteiger partial charge in [-0.15, -0.1) is 11.3 Å². The fourth-order valence-corrected chi connectivity index (χ4v) is 4.16. The van der Waals surface area contributed by atoms with E-state index < -0.39 is 0 Å². The van der Waals surface area contributed by atoms with E-state index in [0.717, 1.165) is 5.01 Å². The Morgan fingerprint density at radius 3 is 2.50 bits per heavy atom. The van der Waals surface area contributed by atoms with Crippen LogP contribution in [-0.2, 0) is 6.54 Å². The predicted molar refractivity (Wildman–Crippen MR) is 86.0 cm³/mol. The quantitative estimate of drug-likeness (QED) is 0.893. The number of benzene rings is 1. The van der Waals surface area contributed by atoms with E-state index in [0.29, 0.717) is 12.5 Å². The molecule has 1 heterocycles. The van der Waals surface area contributed by atoms with Crippen LogP contribution in [0.1, 0.15) is 53.5 Å². The smallest absolute Gasteiger partial charge is 0.107 e. The normalized spacial score (nSPS) is 16.5. The minimum absolute atomic E-state index is 0.552. The Bertz CT molecular complexity index is 565. The van der Waals surface area contributed by atoms with Crippen LogP contribution in [-0.4, -0.2) is 4.98 Å². The van der Waals surface area contributed by atoms with Crippen molar-refractivity contribution in [2.45, 2.75) is 51.5 Å². The SMILES string of the molecule is Cc1ccc(-c2nc(CN)sc2C2CCCCC2)cc1. The van der Waals surface area contributed by atoms with Crippen molar-refractivity contribution in [1.82, 2.24) is 4.98 Å². The maximum absolute atomic E-state index is 5.81. The summed E-state index contributed by atoms with van der Waals surface area (Å²) in [5.74, 6) is 0.692. The van der Waals surface area contributed by atoms with Crippen LogP contribution in [0.5, 0.6) is 0 Å². The van der Waals surface area contributed by atoms with Crippen molar-refractivity contribution in [2.24, 2.45) is 5.73 Å². The maximum Gasteiger partial charge on any atom is 0.107 e. The summed E-state index contributed by atoms with van der Waals surface area (Å²) >= 11 is 1.83. The molecule has 1 aromatic heterocycles. The van der Waals surface area contributed by atoms with Gasteiger partial charge in [0.05, 0.1) is 5.69 Å². The number of hydrogen-bond acceptors (Lipinski definition) is 3. The van der Waals surface area contributed by atoms with Gasteiger partial charge in [-0.25, -0.2) is 4.98 Å². The monoisotopic (exact) mass is 286 g/mol. The van der Waals surface area contributed by atoms with Crippen LogP contribution in [0.15, 0.2) is 24.3 Å². The molecule has 0 saturated heterocycles. The van der Waals surface area contributed by atoms with E-state index in [9.17, 15) is 0 Å². The van der Waals surface area contributed by atoms with Gasteiger partial charge in [0.1, 0.15) is 5.01 Å². The number of thiazole rings is 1. The van der Waals surface area contributed by atoms with Crippen LogP contribution in [0.25, 0.3) is 11.3 Å². The van der Waals surface area contributed by atoms with Gasteiger partial charge in [0, 0.05) is 17.0 Å². The summed E-state index contributed by atoms with van der Waals surface area (Å²) in [6.45, 7) is 2.68. The lowest BCUT2D eigenvalue weighted by molar-refractivity contribution is 0.448. The molecule has 0 amide bonds. The molecular weight excluding hydrogens is 264 g/mol. The van der Waals surface area contributed by atoms with E-state index in [4.69, 9.17) is 10.7 Å². The Hall–Kier alpha value is -1.19. The van der Waals surface area contributed by atoms with Crippen LogP contribution in [0, 0.1) is 6.92 Å². The molecule has 1 aliphatic carbocycles. The molecule has 0 aliphatic heterocycles. The molecule has 1 aliphatic rings.